The quantitative estimate of drug-likeness (QED) is 0.465. The number of nitrogens with one attached hydrogen (secondary N) is 1. The van der Waals surface area contributed by atoms with Gasteiger partial charge in [0, 0.05) is 11.9 Å². The molecule has 0 spiro atoms. The molecular weight excluding hydrogens is 102 g/mol. The van der Waals surface area contributed by atoms with E-state index >= 15 is 0 Å². The maximum absolute atomic E-state index is 5.17. The fourth-order valence-electron chi connectivity index (χ4n) is 0.295. The van der Waals surface area contributed by atoms with Crippen molar-refractivity contribution in [3.8, 4) is 0 Å². The molecule has 0 aromatic carbocycles. The van der Waals surface area contributed by atoms with Crippen LogP contribution in [0.5, 0.6) is 0 Å². The lowest BCUT2D eigenvalue weighted by Gasteiger charge is -2.01. The average molecular weight is 113 g/mol. The molecule has 3 heteroatoms. The lowest BCUT2D eigenvalue weighted by atomic mass is 10.5. The highest BCUT2D eigenvalue weighted by molar-refractivity contribution is 5.00. The van der Waals surface area contributed by atoms with E-state index in [4.69, 9.17) is 11.5 Å². The summed E-state index contributed by atoms with van der Waals surface area (Å²) in [4.78, 5) is 0. The van der Waals surface area contributed by atoms with Crippen molar-refractivity contribution in [2.75, 3.05) is 0 Å². The van der Waals surface area contributed by atoms with E-state index in [1.165, 1.54) is 6.20 Å². The minimum atomic E-state index is 0.407. The van der Waals surface area contributed by atoms with Crippen molar-refractivity contribution in [3.63, 3.8) is 0 Å². The van der Waals surface area contributed by atoms with Crippen LogP contribution >= 0.6 is 0 Å². The normalized spacial score (nSPS) is 10.9. The molecule has 0 bridgehead atoms. The summed E-state index contributed by atoms with van der Waals surface area (Å²) in [6.45, 7) is 5.22. The third-order valence-corrected chi connectivity index (χ3v) is 0.608. The highest BCUT2D eigenvalue weighted by Crippen LogP contribution is 1.81. The molecule has 0 heterocycles. The molecule has 5 N–H and O–H groups in total. The first-order chi connectivity index (χ1) is 3.66. The van der Waals surface area contributed by atoms with Crippen LogP contribution in [-0.4, -0.2) is 0 Å². The largest absolute Gasteiger partial charge is 0.403 e. The maximum atomic E-state index is 5.17. The number of nitrogens with two attached hydrogens (primary N) is 2. The molecule has 0 radical (unpaired) electrons. The second-order valence-electron chi connectivity index (χ2n) is 1.50. The lowest BCUT2D eigenvalue weighted by Crippen LogP contribution is -2.17. The van der Waals surface area contributed by atoms with Crippen molar-refractivity contribution in [3.05, 3.63) is 24.3 Å². The molecule has 0 aromatic heterocycles. The summed E-state index contributed by atoms with van der Waals surface area (Å²) in [5.74, 6) is 0.407. The molecule has 0 aliphatic rings. The first kappa shape index (κ1) is 6.88. The van der Waals surface area contributed by atoms with Crippen LogP contribution in [0.4, 0.5) is 0 Å². The van der Waals surface area contributed by atoms with Gasteiger partial charge in [0.2, 0.25) is 0 Å². The Morgan fingerprint density at radius 3 is 2.38 bits per heavy atom. The standard InChI is InChI=1S/C5H11N3/c1-4(3-6)8-5(2)7/h3,8H,2,6-7H2,1H3/b4-3-. The summed E-state index contributed by atoms with van der Waals surface area (Å²) in [5, 5.41) is 2.71. The Bertz CT molecular complexity index is 115. The summed E-state index contributed by atoms with van der Waals surface area (Å²) in [6, 6.07) is 0. The zero-order valence-corrected chi connectivity index (χ0v) is 4.94. The molecule has 8 heavy (non-hydrogen) atoms. The van der Waals surface area contributed by atoms with Gasteiger partial charge in [-0.1, -0.05) is 6.58 Å². The van der Waals surface area contributed by atoms with Gasteiger partial charge in [0.25, 0.3) is 0 Å². The lowest BCUT2D eigenvalue weighted by molar-refractivity contribution is 0.947. The molecule has 0 saturated carbocycles. The molecule has 0 fully saturated rings. The van der Waals surface area contributed by atoms with Crippen LogP contribution in [-0.2, 0) is 0 Å². The van der Waals surface area contributed by atoms with Crippen LogP contribution in [0.25, 0.3) is 0 Å². The zero-order chi connectivity index (χ0) is 6.57. The molecule has 0 unspecified atom stereocenters. The minimum Gasteiger partial charge on any atom is -0.403 e. The third-order valence-electron chi connectivity index (χ3n) is 0.608. The number of rotatable bonds is 2. The maximum Gasteiger partial charge on any atom is 0.0928 e. The Balaban J connectivity index is 3.56. The predicted molar refractivity (Wildman–Crippen MR) is 34.4 cm³/mol. The number of allylic oxidation sites excluding steroid dienone is 1. The van der Waals surface area contributed by atoms with Crippen molar-refractivity contribution in [2.45, 2.75) is 6.92 Å². The molecule has 0 saturated heterocycles. The highest BCUT2D eigenvalue weighted by atomic mass is 15.0. The molecular formula is C5H11N3. The summed E-state index contributed by atoms with van der Waals surface area (Å²) in [6.07, 6.45) is 1.43. The average Bonchev–Trinajstić information content (AvgIpc) is 1.65. The Kier molecular flexibility index (Phi) is 2.54. The van der Waals surface area contributed by atoms with Gasteiger partial charge >= 0.3 is 0 Å². The summed E-state index contributed by atoms with van der Waals surface area (Å²) in [7, 11) is 0. The van der Waals surface area contributed by atoms with E-state index in [1.807, 2.05) is 0 Å². The summed E-state index contributed by atoms with van der Waals surface area (Å²) in [5.41, 5.74) is 11.1. The predicted octanol–water partition coefficient (Wildman–Crippen LogP) is -0.174. The van der Waals surface area contributed by atoms with Crippen molar-refractivity contribution in [1.82, 2.24) is 5.32 Å². The van der Waals surface area contributed by atoms with Crippen molar-refractivity contribution < 1.29 is 0 Å². The van der Waals surface area contributed by atoms with Crippen molar-refractivity contribution in [1.29, 1.82) is 0 Å². The fraction of sp³-hybridized carbons (Fsp3) is 0.200. The number of hydrogen-bond donors (Lipinski definition) is 3. The van der Waals surface area contributed by atoms with Gasteiger partial charge in [0.1, 0.15) is 0 Å². The van der Waals surface area contributed by atoms with Gasteiger partial charge in [-0.25, -0.2) is 0 Å². The van der Waals surface area contributed by atoms with E-state index in [1.54, 1.807) is 6.92 Å². The van der Waals surface area contributed by atoms with Crippen molar-refractivity contribution >= 4 is 0 Å². The Morgan fingerprint density at radius 2 is 2.25 bits per heavy atom. The van der Waals surface area contributed by atoms with E-state index in [-0.39, 0.29) is 0 Å². The second kappa shape index (κ2) is 2.96. The van der Waals surface area contributed by atoms with Crippen LogP contribution in [0, 0.1) is 0 Å². The van der Waals surface area contributed by atoms with Crippen LogP contribution in [0.1, 0.15) is 6.92 Å². The van der Waals surface area contributed by atoms with Gasteiger partial charge in [0.05, 0.1) is 5.82 Å². The van der Waals surface area contributed by atoms with Gasteiger partial charge in [-0.3, -0.25) is 0 Å². The molecule has 3 nitrogen and oxygen atoms in total. The Hall–Kier alpha value is -1.12. The van der Waals surface area contributed by atoms with E-state index in [2.05, 4.69) is 11.9 Å². The smallest absolute Gasteiger partial charge is 0.0928 e. The summed E-state index contributed by atoms with van der Waals surface area (Å²) >= 11 is 0. The second-order valence-corrected chi connectivity index (χ2v) is 1.50. The monoisotopic (exact) mass is 113 g/mol. The van der Waals surface area contributed by atoms with Crippen LogP contribution in [0.2, 0.25) is 0 Å². The van der Waals surface area contributed by atoms with Crippen LogP contribution < -0.4 is 16.8 Å². The Morgan fingerprint density at radius 1 is 1.75 bits per heavy atom. The summed E-state index contributed by atoms with van der Waals surface area (Å²) < 4.78 is 0. The topological polar surface area (TPSA) is 64.1 Å². The first-order valence-electron chi connectivity index (χ1n) is 2.26. The number of hydrogen-bond acceptors (Lipinski definition) is 3. The first-order valence-corrected chi connectivity index (χ1v) is 2.26. The van der Waals surface area contributed by atoms with E-state index in [9.17, 15) is 0 Å². The van der Waals surface area contributed by atoms with Gasteiger partial charge < -0.3 is 16.8 Å². The van der Waals surface area contributed by atoms with Gasteiger partial charge in [-0.15, -0.1) is 0 Å². The Labute approximate surface area is 49.0 Å². The van der Waals surface area contributed by atoms with E-state index < -0.39 is 0 Å². The molecule has 0 aliphatic carbocycles. The SMILES string of the molecule is C=C(N)N/C(C)=C\N. The minimum absolute atomic E-state index is 0.407. The van der Waals surface area contributed by atoms with E-state index in [0.29, 0.717) is 5.82 Å². The van der Waals surface area contributed by atoms with E-state index in [0.717, 1.165) is 5.70 Å². The molecule has 0 aromatic rings. The van der Waals surface area contributed by atoms with Gasteiger partial charge in [0.15, 0.2) is 0 Å². The molecule has 0 amide bonds. The van der Waals surface area contributed by atoms with Gasteiger partial charge in [-0.05, 0) is 6.92 Å². The molecule has 0 atom stereocenters. The fourth-order valence-corrected chi connectivity index (χ4v) is 0.295. The zero-order valence-electron chi connectivity index (χ0n) is 4.94. The molecule has 0 aliphatic heterocycles. The van der Waals surface area contributed by atoms with Crippen LogP contribution in [0.15, 0.2) is 24.3 Å². The molecule has 46 valence electrons. The van der Waals surface area contributed by atoms with Gasteiger partial charge in [-0.2, -0.15) is 0 Å². The highest BCUT2D eigenvalue weighted by Gasteiger charge is 1.82. The van der Waals surface area contributed by atoms with Crippen molar-refractivity contribution in [2.24, 2.45) is 11.5 Å². The molecule has 0 rings (SSSR count). The van der Waals surface area contributed by atoms with Crippen LogP contribution in [0.3, 0.4) is 0 Å². The third kappa shape index (κ3) is 3.08.